The molecule has 1 aliphatic carbocycles. The Morgan fingerprint density at radius 2 is 2.04 bits per heavy atom. The first kappa shape index (κ1) is 16.4. The van der Waals surface area contributed by atoms with Gasteiger partial charge in [-0.25, -0.2) is 0 Å². The summed E-state index contributed by atoms with van der Waals surface area (Å²) in [7, 11) is 0. The van der Waals surface area contributed by atoms with Gasteiger partial charge >= 0.3 is 0 Å². The molecule has 2 atom stereocenters. The monoisotopic (exact) mass is 317 g/mol. The van der Waals surface area contributed by atoms with Crippen LogP contribution in [0, 0.1) is 5.92 Å². The molecule has 1 aliphatic heterocycles. The Balaban J connectivity index is 1.63. The van der Waals surface area contributed by atoms with Crippen LogP contribution >= 0.6 is 0 Å². The van der Waals surface area contributed by atoms with Crippen molar-refractivity contribution in [1.29, 1.82) is 0 Å². The molecule has 1 aromatic carbocycles. The minimum atomic E-state index is 0.0511. The average molecular weight is 317 g/mol. The molecular formula is C18H27N3O2. The molecule has 0 radical (unpaired) electrons. The summed E-state index contributed by atoms with van der Waals surface area (Å²) in [5.41, 5.74) is 8.11. The quantitative estimate of drug-likeness (QED) is 0.891. The first-order valence-electron chi connectivity index (χ1n) is 8.67. The lowest BCUT2D eigenvalue weighted by molar-refractivity contribution is -0.120. The Morgan fingerprint density at radius 1 is 1.26 bits per heavy atom. The van der Waals surface area contributed by atoms with Crippen LogP contribution in [0.5, 0.6) is 0 Å². The summed E-state index contributed by atoms with van der Waals surface area (Å²) in [6.07, 6.45) is 3.84. The van der Waals surface area contributed by atoms with Crippen molar-refractivity contribution < 1.29 is 9.53 Å². The van der Waals surface area contributed by atoms with E-state index in [-0.39, 0.29) is 17.9 Å². The fraction of sp³-hybridized carbons (Fsp3) is 0.611. The Kier molecular flexibility index (Phi) is 5.65. The number of carbonyl (C=O) groups excluding carboxylic acids is 1. The molecule has 3 N–H and O–H groups in total. The maximum absolute atomic E-state index is 12.6. The summed E-state index contributed by atoms with van der Waals surface area (Å²) in [6, 6.07) is 8.27. The second-order valence-electron chi connectivity index (χ2n) is 6.66. The van der Waals surface area contributed by atoms with E-state index in [2.05, 4.69) is 16.3 Å². The number of amides is 1. The fourth-order valence-corrected chi connectivity index (χ4v) is 3.48. The zero-order chi connectivity index (χ0) is 16.1. The average Bonchev–Trinajstić information content (AvgIpc) is 2.57. The normalized spacial score (nSPS) is 26.0. The lowest BCUT2D eigenvalue weighted by Gasteiger charge is -2.28. The van der Waals surface area contributed by atoms with E-state index in [1.54, 1.807) is 0 Å². The summed E-state index contributed by atoms with van der Waals surface area (Å²) in [5.74, 6) is 0.171. The predicted molar refractivity (Wildman–Crippen MR) is 91.1 cm³/mol. The molecule has 1 saturated heterocycles. The summed E-state index contributed by atoms with van der Waals surface area (Å²) < 4.78 is 5.40. The van der Waals surface area contributed by atoms with Crippen LogP contribution in [-0.2, 0) is 16.1 Å². The summed E-state index contributed by atoms with van der Waals surface area (Å²) in [5, 5.41) is 3.14. The van der Waals surface area contributed by atoms with E-state index in [4.69, 9.17) is 10.5 Å². The largest absolute Gasteiger partial charge is 0.379 e. The summed E-state index contributed by atoms with van der Waals surface area (Å²) in [4.78, 5) is 14.9. The number of hydrogen-bond acceptors (Lipinski definition) is 4. The predicted octanol–water partition coefficient (Wildman–Crippen LogP) is 1.97. The van der Waals surface area contributed by atoms with Crippen LogP contribution < -0.4 is 11.1 Å². The number of carbonyl (C=O) groups is 1. The van der Waals surface area contributed by atoms with Gasteiger partial charge in [0.2, 0.25) is 5.91 Å². The SMILES string of the molecule is NC1CCCC(C(=O)Nc2ccccc2CN2CCOCC2)C1. The van der Waals surface area contributed by atoms with Gasteiger partial charge in [0.1, 0.15) is 0 Å². The van der Waals surface area contributed by atoms with Crippen molar-refractivity contribution in [2.24, 2.45) is 11.7 Å². The molecule has 1 saturated carbocycles. The van der Waals surface area contributed by atoms with Gasteiger partial charge in [-0.1, -0.05) is 24.6 Å². The van der Waals surface area contributed by atoms with Gasteiger partial charge in [-0.15, -0.1) is 0 Å². The van der Waals surface area contributed by atoms with Crippen molar-refractivity contribution in [3.8, 4) is 0 Å². The number of nitrogens with two attached hydrogens (primary N) is 1. The molecule has 2 unspecified atom stereocenters. The lowest BCUT2D eigenvalue weighted by Crippen LogP contribution is -2.36. The Morgan fingerprint density at radius 3 is 2.83 bits per heavy atom. The number of rotatable bonds is 4. The number of nitrogens with one attached hydrogen (secondary N) is 1. The van der Waals surface area contributed by atoms with Crippen molar-refractivity contribution in [3.63, 3.8) is 0 Å². The van der Waals surface area contributed by atoms with E-state index in [0.29, 0.717) is 0 Å². The molecule has 1 aromatic rings. The van der Waals surface area contributed by atoms with E-state index in [0.717, 1.165) is 64.2 Å². The van der Waals surface area contributed by atoms with Gasteiger partial charge < -0.3 is 15.8 Å². The molecule has 0 bridgehead atoms. The molecule has 2 aliphatic rings. The number of benzene rings is 1. The number of nitrogens with zero attached hydrogens (tertiary/aromatic N) is 1. The van der Waals surface area contributed by atoms with Gasteiger partial charge in [0, 0.05) is 37.3 Å². The van der Waals surface area contributed by atoms with E-state index in [1.807, 2.05) is 18.2 Å². The number of hydrogen-bond donors (Lipinski definition) is 2. The fourth-order valence-electron chi connectivity index (χ4n) is 3.48. The third-order valence-electron chi connectivity index (χ3n) is 4.86. The van der Waals surface area contributed by atoms with Crippen molar-refractivity contribution >= 4 is 11.6 Å². The number of morpholine rings is 1. The molecule has 3 rings (SSSR count). The number of anilines is 1. The Hall–Kier alpha value is -1.43. The second kappa shape index (κ2) is 7.90. The van der Waals surface area contributed by atoms with Crippen molar-refractivity contribution in [3.05, 3.63) is 29.8 Å². The molecule has 0 aromatic heterocycles. The molecule has 1 heterocycles. The first-order chi connectivity index (χ1) is 11.2. The number of ether oxygens (including phenoxy) is 1. The van der Waals surface area contributed by atoms with Crippen LogP contribution in [0.4, 0.5) is 5.69 Å². The number of para-hydroxylation sites is 1. The van der Waals surface area contributed by atoms with E-state index in [1.165, 1.54) is 5.56 Å². The van der Waals surface area contributed by atoms with Gasteiger partial charge in [-0.05, 0) is 30.9 Å². The summed E-state index contributed by atoms with van der Waals surface area (Å²) in [6.45, 7) is 4.31. The highest BCUT2D eigenvalue weighted by Gasteiger charge is 2.25. The van der Waals surface area contributed by atoms with Crippen molar-refractivity contribution in [1.82, 2.24) is 4.90 Å². The minimum Gasteiger partial charge on any atom is -0.379 e. The maximum atomic E-state index is 12.6. The van der Waals surface area contributed by atoms with E-state index < -0.39 is 0 Å². The third kappa shape index (κ3) is 4.53. The lowest BCUT2D eigenvalue weighted by atomic mass is 9.85. The topological polar surface area (TPSA) is 67.6 Å². The smallest absolute Gasteiger partial charge is 0.227 e. The van der Waals surface area contributed by atoms with Crippen LogP contribution in [-0.4, -0.2) is 43.2 Å². The van der Waals surface area contributed by atoms with Gasteiger partial charge in [-0.2, -0.15) is 0 Å². The molecule has 0 spiro atoms. The van der Waals surface area contributed by atoms with Gasteiger partial charge in [0.15, 0.2) is 0 Å². The molecule has 1 amide bonds. The van der Waals surface area contributed by atoms with Crippen molar-refractivity contribution in [2.45, 2.75) is 38.3 Å². The standard InChI is InChI=1S/C18H27N3O2/c19-16-6-3-5-14(12-16)18(22)20-17-7-2-1-4-15(17)13-21-8-10-23-11-9-21/h1-2,4,7,14,16H,3,5-6,8-13,19H2,(H,20,22). The molecular weight excluding hydrogens is 290 g/mol. The first-order valence-corrected chi connectivity index (χ1v) is 8.67. The summed E-state index contributed by atoms with van der Waals surface area (Å²) >= 11 is 0. The molecule has 5 nitrogen and oxygen atoms in total. The van der Waals surface area contributed by atoms with Gasteiger partial charge in [0.25, 0.3) is 0 Å². The molecule has 2 fully saturated rings. The van der Waals surface area contributed by atoms with Crippen LogP contribution in [0.1, 0.15) is 31.2 Å². The molecule has 23 heavy (non-hydrogen) atoms. The highest BCUT2D eigenvalue weighted by atomic mass is 16.5. The zero-order valence-corrected chi connectivity index (χ0v) is 13.7. The Bertz CT molecular complexity index is 529. The van der Waals surface area contributed by atoms with E-state index in [9.17, 15) is 4.79 Å². The van der Waals surface area contributed by atoms with Crippen LogP contribution in [0.15, 0.2) is 24.3 Å². The van der Waals surface area contributed by atoms with Crippen molar-refractivity contribution in [2.75, 3.05) is 31.6 Å². The van der Waals surface area contributed by atoms with Crippen LogP contribution in [0.3, 0.4) is 0 Å². The van der Waals surface area contributed by atoms with E-state index >= 15 is 0 Å². The highest BCUT2D eigenvalue weighted by Crippen LogP contribution is 2.26. The minimum absolute atomic E-state index is 0.0511. The Labute approximate surface area is 138 Å². The third-order valence-corrected chi connectivity index (χ3v) is 4.86. The van der Waals surface area contributed by atoms with Gasteiger partial charge in [0.05, 0.1) is 13.2 Å². The van der Waals surface area contributed by atoms with Crippen LogP contribution in [0.2, 0.25) is 0 Å². The zero-order valence-electron chi connectivity index (χ0n) is 13.7. The molecule has 5 heteroatoms. The second-order valence-corrected chi connectivity index (χ2v) is 6.66. The van der Waals surface area contributed by atoms with Gasteiger partial charge in [-0.3, -0.25) is 9.69 Å². The highest BCUT2D eigenvalue weighted by molar-refractivity contribution is 5.93. The molecule has 126 valence electrons. The van der Waals surface area contributed by atoms with Crippen LogP contribution in [0.25, 0.3) is 0 Å². The maximum Gasteiger partial charge on any atom is 0.227 e.